The van der Waals surface area contributed by atoms with Crippen LogP contribution in [0.3, 0.4) is 0 Å². The lowest BCUT2D eigenvalue weighted by atomic mass is 10.0. The number of carbonyl (C=O) groups excluding carboxylic acids is 1. The monoisotopic (exact) mass is 334 g/mol. The Hall–Kier alpha value is -2.95. The third-order valence-corrected chi connectivity index (χ3v) is 4.30. The molecule has 0 unspecified atom stereocenters. The van der Waals surface area contributed by atoms with E-state index in [1.54, 1.807) is 23.0 Å². The maximum atomic E-state index is 13.0. The number of nitrogens with zero attached hydrogens (tertiary/aromatic N) is 4. The smallest absolute Gasteiger partial charge is 0.258 e. The van der Waals surface area contributed by atoms with Crippen molar-refractivity contribution in [2.75, 3.05) is 11.9 Å². The SMILES string of the molecule is CC(C)c1ccc(N(C)C(=O)c2ccccc2Cn2cncn2)cc1. The van der Waals surface area contributed by atoms with E-state index < -0.39 is 0 Å². The van der Waals surface area contributed by atoms with Crippen LogP contribution in [0, 0.1) is 0 Å². The van der Waals surface area contributed by atoms with Crippen LogP contribution in [0.5, 0.6) is 0 Å². The first-order chi connectivity index (χ1) is 12.1. The number of hydrogen-bond donors (Lipinski definition) is 0. The zero-order valence-corrected chi connectivity index (χ0v) is 14.8. The van der Waals surface area contributed by atoms with Gasteiger partial charge in [-0.25, -0.2) is 9.67 Å². The molecule has 3 rings (SSSR count). The summed E-state index contributed by atoms with van der Waals surface area (Å²) in [4.78, 5) is 18.6. The van der Waals surface area contributed by atoms with Gasteiger partial charge < -0.3 is 4.90 Å². The molecular formula is C20H22N4O. The normalized spacial score (nSPS) is 10.9. The van der Waals surface area contributed by atoms with E-state index in [2.05, 4.69) is 36.1 Å². The molecule has 0 atom stereocenters. The standard InChI is InChI=1S/C20H22N4O/c1-15(2)16-8-10-18(11-9-16)23(3)20(25)19-7-5-4-6-17(19)12-24-14-21-13-22-24/h4-11,13-15H,12H2,1-3H3. The van der Waals surface area contributed by atoms with Gasteiger partial charge in [0, 0.05) is 18.3 Å². The Kier molecular flexibility index (Phi) is 4.93. The third kappa shape index (κ3) is 3.76. The van der Waals surface area contributed by atoms with E-state index in [0.717, 1.165) is 11.3 Å². The molecule has 0 radical (unpaired) electrons. The van der Waals surface area contributed by atoms with Crippen molar-refractivity contribution < 1.29 is 4.79 Å². The van der Waals surface area contributed by atoms with Gasteiger partial charge in [-0.2, -0.15) is 5.10 Å². The summed E-state index contributed by atoms with van der Waals surface area (Å²) < 4.78 is 1.71. The van der Waals surface area contributed by atoms with Crippen LogP contribution in [0.15, 0.2) is 61.2 Å². The largest absolute Gasteiger partial charge is 0.311 e. The van der Waals surface area contributed by atoms with Gasteiger partial charge in [0.05, 0.1) is 6.54 Å². The summed E-state index contributed by atoms with van der Waals surface area (Å²) in [6.45, 7) is 4.83. The van der Waals surface area contributed by atoms with Crippen molar-refractivity contribution in [2.45, 2.75) is 26.3 Å². The van der Waals surface area contributed by atoms with Crippen molar-refractivity contribution >= 4 is 11.6 Å². The van der Waals surface area contributed by atoms with Gasteiger partial charge in [0.25, 0.3) is 5.91 Å². The van der Waals surface area contributed by atoms with Gasteiger partial charge in [0.2, 0.25) is 0 Å². The Labute approximate surface area is 147 Å². The fourth-order valence-corrected chi connectivity index (χ4v) is 2.74. The highest BCUT2D eigenvalue weighted by Crippen LogP contribution is 2.22. The Morgan fingerprint density at radius 1 is 1.12 bits per heavy atom. The minimum atomic E-state index is -0.0342. The van der Waals surface area contributed by atoms with Crippen LogP contribution in [0.2, 0.25) is 0 Å². The predicted octanol–water partition coefficient (Wildman–Crippen LogP) is 3.73. The van der Waals surface area contributed by atoms with E-state index in [4.69, 9.17) is 0 Å². The molecule has 0 aliphatic heterocycles. The zero-order chi connectivity index (χ0) is 17.8. The maximum Gasteiger partial charge on any atom is 0.258 e. The summed E-state index contributed by atoms with van der Waals surface area (Å²) >= 11 is 0. The summed E-state index contributed by atoms with van der Waals surface area (Å²) in [5.41, 5.74) is 3.73. The van der Waals surface area contributed by atoms with Gasteiger partial charge in [0.15, 0.2) is 0 Å². The minimum Gasteiger partial charge on any atom is -0.311 e. The zero-order valence-electron chi connectivity index (χ0n) is 14.8. The molecule has 0 bridgehead atoms. The second kappa shape index (κ2) is 7.30. The highest BCUT2D eigenvalue weighted by atomic mass is 16.2. The lowest BCUT2D eigenvalue weighted by Gasteiger charge is -2.20. The number of carbonyl (C=O) groups is 1. The van der Waals surface area contributed by atoms with Crippen LogP contribution in [-0.4, -0.2) is 27.7 Å². The molecule has 0 saturated carbocycles. The molecular weight excluding hydrogens is 312 g/mol. The third-order valence-electron chi connectivity index (χ3n) is 4.30. The molecule has 5 heteroatoms. The van der Waals surface area contributed by atoms with Gasteiger partial charge in [-0.05, 0) is 35.2 Å². The molecule has 1 amide bonds. The quantitative estimate of drug-likeness (QED) is 0.714. The Morgan fingerprint density at radius 2 is 1.84 bits per heavy atom. The van der Waals surface area contributed by atoms with Crippen LogP contribution < -0.4 is 4.90 Å². The molecule has 1 heterocycles. The fourth-order valence-electron chi connectivity index (χ4n) is 2.74. The number of aromatic nitrogens is 3. The first-order valence-corrected chi connectivity index (χ1v) is 8.34. The van der Waals surface area contributed by atoms with Crippen molar-refractivity contribution in [1.29, 1.82) is 0 Å². The van der Waals surface area contributed by atoms with Crippen molar-refractivity contribution in [2.24, 2.45) is 0 Å². The highest BCUT2D eigenvalue weighted by molar-refractivity contribution is 6.06. The topological polar surface area (TPSA) is 51.0 Å². The average Bonchev–Trinajstić information content (AvgIpc) is 3.14. The van der Waals surface area contributed by atoms with Crippen molar-refractivity contribution in [3.63, 3.8) is 0 Å². The first kappa shape index (κ1) is 16.9. The van der Waals surface area contributed by atoms with Gasteiger partial charge in [-0.1, -0.05) is 44.2 Å². The molecule has 0 N–H and O–H groups in total. The lowest BCUT2D eigenvalue weighted by Crippen LogP contribution is -2.27. The van der Waals surface area contributed by atoms with Crippen molar-refractivity contribution in [3.8, 4) is 0 Å². The molecule has 0 spiro atoms. The van der Waals surface area contributed by atoms with E-state index in [1.165, 1.54) is 11.9 Å². The van der Waals surface area contributed by atoms with Crippen LogP contribution in [-0.2, 0) is 6.54 Å². The number of benzene rings is 2. The summed E-state index contributed by atoms with van der Waals surface area (Å²) in [5, 5.41) is 4.12. The van der Waals surface area contributed by atoms with E-state index in [1.807, 2.05) is 36.4 Å². The molecule has 0 saturated heterocycles. The van der Waals surface area contributed by atoms with Crippen LogP contribution in [0.25, 0.3) is 0 Å². The molecule has 0 fully saturated rings. The molecule has 25 heavy (non-hydrogen) atoms. The second-order valence-electron chi connectivity index (χ2n) is 6.36. The van der Waals surface area contributed by atoms with Crippen LogP contribution in [0.4, 0.5) is 5.69 Å². The average molecular weight is 334 g/mol. The number of rotatable bonds is 5. The van der Waals surface area contributed by atoms with Crippen molar-refractivity contribution in [1.82, 2.24) is 14.8 Å². The predicted molar refractivity (Wildman–Crippen MR) is 98.8 cm³/mol. The molecule has 1 aromatic heterocycles. The minimum absolute atomic E-state index is 0.0342. The van der Waals surface area contributed by atoms with E-state index in [0.29, 0.717) is 18.0 Å². The summed E-state index contributed by atoms with van der Waals surface area (Å²) in [5.74, 6) is 0.437. The Balaban J connectivity index is 1.85. The van der Waals surface area contributed by atoms with E-state index in [-0.39, 0.29) is 5.91 Å². The lowest BCUT2D eigenvalue weighted by molar-refractivity contribution is 0.0992. The van der Waals surface area contributed by atoms with Gasteiger partial charge in [0.1, 0.15) is 12.7 Å². The molecule has 128 valence electrons. The van der Waals surface area contributed by atoms with Crippen LogP contribution >= 0.6 is 0 Å². The van der Waals surface area contributed by atoms with Gasteiger partial charge in [-0.3, -0.25) is 4.79 Å². The number of anilines is 1. The Morgan fingerprint density at radius 3 is 2.48 bits per heavy atom. The van der Waals surface area contributed by atoms with Gasteiger partial charge >= 0.3 is 0 Å². The van der Waals surface area contributed by atoms with Gasteiger partial charge in [-0.15, -0.1) is 0 Å². The molecule has 0 aliphatic carbocycles. The second-order valence-corrected chi connectivity index (χ2v) is 6.36. The molecule has 0 aliphatic rings. The summed E-state index contributed by atoms with van der Waals surface area (Å²) in [6.07, 6.45) is 3.14. The van der Waals surface area contributed by atoms with Crippen molar-refractivity contribution in [3.05, 3.63) is 77.9 Å². The first-order valence-electron chi connectivity index (χ1n) is 8.34. The fraction of sp³-hybridized carbons (Fsp3) is 0.250. The maximum absolute atomic E-state index is 13.0. The van der Waals surface area contributed by atoms with Crippen LogP contribution in [0.1, 0.15) is 41.3 Å². The van der Waals surface area contributed by atoms with E-state index >= 15 is 0 Å². The molecule has 5 nitrogen and oxygen atoms in total. The highest BCUT2D eigenvalue weighted by Gasteiger charge is 2.17. The number of amides is 1. The van der Waals surface area contributed by atoms with E-state index in [9.17, 15) is 4.79 Å². The summed E-state index contributed by atoms with van der Waals surface area (Å²) in [6, 6.07) is 15.8. The number of hydrogen-bond acceptors (Lipinski definition) is 3. The molecule has 2 aromatic carbocycles. The summed E-state index contributed by atoms with van der Waals surface area (Å²) in [7, 11) is 1.80. The Bertz CT molecular complexity index is 838. The molecule has 3 aromatic rings.